The topological polar surface area (TPSA) is 100 Å². The van der Waals surface area contributed by atoms with Crippen molar-refractivity contribution >= 4 is 29.4 Å². The van der Waals surface area contributed by atoms with Crippen molar-refractivity contribution in [3.8, 4) is 11.1 Å². The molecule has 0 fully saturated rings. The molecule has 35 heavy (non-hydrogen) atoms. The van der Waals surface area contributed by atoms with Crippen LogP contribution in [-0.4, -0.2) is 23.2 Å². The van der Waals surface area contributed by atoms with Crippen LogP contribution < -0.4 is 21.7 Å². The molecular weight excluding hydrogens is 455 g/mol. The molecule has 0 bridgehead atoms. The van der Waals surface area contributed by atoms with Gasteiger partial charge in [0.2, 0.25) is 5.95 Å². The molecule has 0 spiro atoms. The molecule has 7 nitrogen and oxygen atoms in total. The van der Waals surface area contributed by atoms with Crippen molar-refractivity contribution < 1.29 is 13.2 Å². The first-order valence-electron chi connectivity index (χ1n) is 10.4. The molecule has 180 valence electrons. The summed E-state index contributed by atoms with van der Waals surface area (Å²) in [6.07, 6.45) is 3.20. The quantitative estimate of drug-likeness (QED) is 0.211. The van der Waals surface area contributed by atoms with Gasteiger partial charge >= 0.3 is 0 Å². The fraction of sp³-hybridized carbons (Fsp3) is 0.0800. The SMILES string of the molecule is C=CC(=C)Nc1ccc(F)c(Nc2nc(N/C(C=NC)=C/N)ncc2-c2ccc(C(F)F)cc2)c1. The van der Waals surface area contributed by atoms with Crippen molar-refractivity contribution in [2.75, 3.05) is 23.0 Å². The van der Waals surface area contributed by atoms with Gasteiger partial charge in [-0.2, -0.15) is 4.98 Å². The molecule has 0 saturated carbocycles. The van der Waals surface area contributed by atoms with Gasteiger partial charge in [-0.25, -0.2) is 18.2 Å². The second kappa shape index (κ2) is 11.5. The number of anilines is 4. The number of aromatic nitrogens is 2. The number of rotatable bonds is 10. The highest BCUT2D eigenvalue weighted by Crippen LogP contribution is 2.32. The second-order valence-corrected chi connectivity index (χ2v) is 7.19. The maximum Gasteiger partial charge on any atom is 0.263 e. The molecule has 0 aliphatic rings. The fourth-order valence-corrected chi connectivity index (χ4v) is 3.00. The molecule has 0 radical (unpaired) electrons. The van der Waals surface area contributed by atoms with Gasteiger partial charge in [0.1, 0.15) is 11.6 Å². The fourth-order valence-electron chi connectivity index (χ4n) is 3.00. The summed E-state index contributed by atoms with van der Waals surface area (Å²) in [5.74, 6) is -0.143. The van der Waals surface area contributed by atoms with E-state index in [1.807, 2.05) is 0 Å². The van der Waals surface area contributed by atoms with Crippen molar-refractivity contribution in [2.24, 2.45) is 10.7 Å². The summed E-state index contributed by atoms with van der Waals surface area (Å²) in [6, 6.07) is 10.0. The van der Waals surface area contributed by atoms with E-state index < -0.39 is 12.2 Å². The lowest BCUT2D eigenvalue weighted by atomic mass is 10.1. The van der Waals surface area contributed by atoms with Crippen LogP contribution in [0, 0.1) is 5.82 Å². The lowest BCUT2D eigenvalue weighted by Gasteiger charge is -2.15. The Kier molecular flexibility index (Phi) is 8.23. The molecule has 0 saturated heterocycles. The van der Waals surface area contributed by atoms with Crippen LogP contribution in [0.3, 0.4) is 0 Å². The Morgan fingerprint density at radius 2 is 1.89 bits per heavy atom. The summed E-state index contributed by atoms with van der Waals surface area (Å²) >= 11 is 0. The Bertz CT molecular complexity index is 1270. The molecule has 0 aliphatic heterocycles. The first-order valence-corrected chi connectivity index (χ1v) is 10.4. The summed E-state index contributed by atoms with van der Waals surface area (Å²) in [5, 5.41) is 8.89. The number of nitrogens with two attached hydrogens (primary N) is 1. The Morgan fingerprint density at radius 3 is 2.51 bits per heavy atom. The Hall–Kier alpha value is -4.60. The summed E-state index contributed by atoms with van der Waals surface area (Å²) < 4.78 is 40.7. The number of hydrogen-bond acceptors (Lipinski definition) is 7. The van der Waals surface area contributed by atoms with Crippen LogP contribution in [0.5, 0.6) is 0 Å². The van der Waals surface area contributed by atoms with Gasteiger partial charge in [-0.1, -0.05) is 37.4 Å². The van der Waals surface area contributed by atoms with Crippen LogP contribution >= 0.6 is 0 Å². The number of halogens is 3. The third-order valence-electron chi connectivity index (χ3n) is 4.74. The van der Waals surface area contributed by atoms with Crippen molar-refractivity contribution in [3.05, 3.63) is 96.9 Å². The van der Waals surface area contributed by atoms with Gasteiger partial charge in [0.15, 0.2) is 0 Å². The van der Waals surface area contributed by atoms with Gasteiger partial charge in [0.05, 0.1) is 11.4 Å². The maximum absolute atomic E-state index is 14.7. The molecular formula is C25H24F3N7. The minimum atomic E-state index is -2.60. The Morgan fingerprint density at radius 1 is 1.14 bits per heavy atom. The van der Waals surface area contributed by atoms with Crippen LogP contribution in [0.2, 0.25) is 0 Å². The lowest BCUT2D eigenvalue weighted by molar-refractivity contribution is 0.151. The molecule has 0 amide bonds. The van der Waals surface area contributed by atoms with Crippen LogP contribution in [0.15, 0.2) is 90.5 Å². The summed E-state index contributed by atoms with van der Waals surface area (Å²) in [4.78, 5) is 12.6. The second-order valence-electron chi connectivity index (χ2n) is 7.19. The van der Waals surface area contributed by atoms with Crippen LogP contribution in [0.4, 0.5) is 36.3 Å². The average Bonchev–Trinajstić information content (AvgIpc) is 2.86. The van der Waals surface area contributed by atoms with Crippen molar-refractivity contribution in [1.82, 2.24) is 9.97 Å². The van der Waals surface area contributed by atoms with Crippen molar-refractivity contribution in [1.29, 1.82) is 0 Å². The molecule has 1 aromatic heterocycles. The van der Waals surface area contributed by atoms with Gasteiger partial charge in [-0.3, -0.25) is 4.99 Å². The highest BCUT2D eigenvalue weighted by Gasteiger charge is 2.14. The Labute approximate surface area is 201 Å². The highest BCUT2D eigenvalue weighted by molar-refractivity contribution is 5.83. The third kappa shape index (κ3) is 6.47. The molecule has 0 unspecified atom stereocenters. The molecule has 0 atom stereocenters. The zero-order valence-corrected chi connectivity index (χ0v) is 18.9. The van der Waals surface area contributed by atoms with Crippen molar-refractivity contribution in [3.63, 3.8) is 0 Å². The normalized spacial score (nSPS) is 11.5. The number of alkyl halides is 2. The molecule has 3 aromatic rings. The van der Waals surface area contributed by atoms with Gasteiger partial charge in [-0.05, 0) is 29.8 Å². The predicted molar refractivity (Wildman–Crippen MR) is 135 cm³/mol. The number of allylic oxidation sites excluding steroid dienone is 2. The van der Waals surface area contributed by atoms with E-state index in [4.69, 9.17) is 5.73 Å². The zero-order chi connectivity index (χ0) is 25.4. The van der Waals surface area contributed by atoms with Gasteiger partial charge in [0.25, 0.3) is 6.43 Å². The van der Waals surface area contributed by atoms with E-state index in [9.17, 15) is 13.2 Å². The number of aliphatic imine (C=N–C) groups is 1. The van der Waals surface area contributed by atoms with Gasteiger partial charge in [-0.15, -0.1) is 0 Å². The third-order valence-corrected chi connectivity index (χ3v) is 4.74. The molecule has 0 aliphatic carbocycles. The molecule has 3 rings (SSSR count). The zero-order valence-electron chi connectivity index (χ0n) is 18.9. The summed E-state index contributed by atoms with van der Waals surface area (Å²) in [5.41, 5.74) is 8.16. The van der Waals surface area contributed by atoms with Crippen molar-refractivity contribution in [2.45, 2.75) is 6.43 Å². The number of hydrogen-bond donors (Lipinski definition) is 4. The summed E-state index contributed by atoms with van der Waals surface area (Å²) in [6.45, 7) is 7.42. The number of benzene rings is 2. The maximum atomic E-state index is 14.7. The highest BCUT2D eigenvalue weighted by atomic mass is 19.3. The van der Waals surface area contributed by atoms with Crippen LogP contribution in [0.1, 0.15) is 12.0 Å². The van der Waals surface area contributed by atoms with E-state index in [1.54, 1.807) is 13.1 Å². The molecule has 5 N–H and O–H groups in total. The molecule has 10 heteroatoms. The minimum Gasteiger partial charge on any atom is -0.403 e. The Balaban J connectivity index is 2.05. The van der Waals surface area contributed by atoms with E-state index >= 15 is 0 Å². The lowest BCUT2D eigenvalue weighted by Crippen LogP contribution is -2.09. The largest absolute Gasteiger partial charge is 0.403 e. The predicted octanol–water partition coefficient (Wildman–Crippen LogP) is 5.99. The molecule has 2 aromatic carbocycles. The van der Waals surface area contributed by atoms with Gasteiger partial charge < -0.3 is 21.7 Å². The van der Waals surface area contributed by atoms with Gasteiger partial charge in [0, 0.05) is 48.2 Å². The first kappa shape index (κ1) is 25.0. The minimum absolute atomic E-state index is 0.117. The number of nitrogens with one attached hydrogen (secondary N) is 3. The molecule has 1 heterocycles. The number of nitrogens with zero attached hydrogens (tertiary/aromatic N) is 3. The van der Waals surface area contributed by atoms with E-state index in [0.29, 0.717) is 28.2 Å². The monoisotopic (exact) mass is 479 g/mol. The van der Waals surface area contributed by atoms with E-state index in [0.717, 1.165) is 0 Å². The van der Waals surface area contributed by atoms with E-state index in [1.165, 1.54) is 61.1 Å². The van der Waals surface area contributed by atoms with E-state index in [2.05, 4.69) is 44.1 Å². The standard InChI is InChI=1S/C25H24F3N7/c1-4-15(2)32-18-9-10-21(26)22(11-18)34-24-20(16-5-7-17(8-6-16)23(27)28)14-31-25(35-24)33-19(12-29)13-30-3/h4-14,23,32H,1-2,29H2,3H3,(H2,31,33,34,35)/b19-12+,30-13?. The first-order chi connectivity index (χ1) is 16.8. The smallest absolute Gasteiger partial charge is 0.263 e. The van der Waals surface area contributed by atoms with E-state index in [-0.39, 0.29) is 23.0 Å². The van der Waals surface area contributed by atoms with Crippen LogP contribution in [0.25, 0.3) is 11.1 Å². The van der Waals surface area contributed by atoms with Crippen LogP contribution in [-0.2, 0) is 0 Å². The summed E-state index contributed by atoms with van der Waals surface area (Å²) in [7, 11) is 1.58. The average molecular weight is 480 g/mol.